The van der Waals surface area contributed by atoms with E-state index in [4.69, 9.17) is 5.73 Å². The van der Waals surface area contributed by atoms with Crippen LogP contribution in [0.5, 0.6) is 0 Å². The summed E-state index contributed by atoms with van der Waals surface area (Å²) in [6.45, 7) is 19.1. The lowest BCUT2D eigenvalue weighted by Crippen LogP contribution is -2.39. The fourth-order valence-electron chi connectivity index (χ4n) is 1.38. The van der Waals surface area contributed by atoms with E-state index in [1.807, 2.05) is 53.7 Å². The Labute approximate surface area is 151 Å². The van der Waals surface area contributed by atoms with Gasteiger partial charge in [0.2, 0.25) is 5.91 Å². The number of carbonyl (C=O) groups excluding carboxylic acids is 1. The smallest absolute Gasteiger partial charge is 0.242 e. The van der Waals surface area contributed by atoms with E-state index in [0.717, 1.165) is 11.3 Å². The van der Waals surface area contributed by atoms with E-state index < -0.39 is 5.91 Å². The fraction of sp³-hybridized carbons (Fsp3) is 0.316. The molecule has 0 saturated heterocycles. The second-order valence-corrected chi connectivity index (χ2v) is 4.62. The van der Waals surface area contributed by atoms with Crippen LogP contribution in [0.3, 0.4) is 0 Å². The number of primary amides is 1. The first-order chi connectivity index (χ1) is 11.9. The van der Waals surface area contributed by atoms with E-state index in [1.165, 1.54) is 24.7 Å². The molecule has 3 N–H and O–H groups in total. The Morgan fingerprint density at radius 3 is 2.28 bits per heavy atom. The van der Waals surface area contributed by atoms with Gasteiger partial charge in [0.15, 0.2) is 5.84 Å². The molecule has 0 fully saturated rings. The average molecular weight is 345 g/mol. The third-order valence-corrected chi connectivity index (χ3v) is 2.52. The van der Waals surface area contributed by atoms with Crippen molar-refractivity contribution in [1.82, 2.24) is 10.4 Å². The van der Waals surface area contributed by atoms with Gasteiger partial charge >= 0.3 is 0 Å². The topological polar surface area (TPSA) is 83.1 Å². The molecule has 1 amide bonds. The third kappa shape index (κ3) is 10.5. The number of hydrazine groups is 1. The second-order valence-electron chi connectivity index (χ2n) is 4.62. The quantitative estimate of drug-likeness (QED) is 0.461. The van der Waals surface area contributed by atoms with Crippen molar-refractivity contribution in [2.75, 3.05) is 0 Å². The molecule has 0 bridgehead atoms. The van der Waals surface area contributed by atoms with Gasteiger partial charge in [-0.25, -0.2) is 9.98 Å². The summed E-state index contributed by atoms with van der Waals surface area (Å²) in [5.41, 5.74) is 10.2. The Kier molecular flexibility index (Phi) is 14.3. The third-order valence-electron chi connectivity index (χ3n) is 2.52. The number of aliphatic imine (C=N–C) groups is 2. The van der Waals surface area contributed by atoms with Crippen LogP contribution in [0.15, 0.2) is 70.6 Å². The number of nitrogens with one attached hydrogen (secondary N) is 1. The van der Waals surface area contributed by atoms with Crippen LogP contribution in [-0.2, 0) is 4.79 Å². The molecule has 1 aliphatic rings. The monoisotopic (exact) mass is 345 g/mol. The molecular formula is C19H31N5O. The normalized spacial score (nSPS) is 14.4. The lowest BCUT2D eigenvalue weighted by atomic mass is 10.2. The Morgan fingerprint density at radius 2 is 1.88 bits per heavy atom. The van der Waals surface area contributed by atoms with Gasteiger partial charge < -0.3 is 5.73 Å². The van der Waals surface area contributed by atoms with Crippen molar-refractivity contribution in [3.8, 4) is 0 Å². The van der Waals surface area contributed by atoms with Crippen molar-refractivity contribution in [3.63, 3.8) is 0 Å². The second kappa shape index (κ2) is 14.7. The zero-order chi connectivity index (χ0) is 19.8. The molecule has 138 valence electrons. The van der Waals surface area contributed by atoms with Crippen molar-refractivity contribution in [1.29, 1.82) is 0 Å². The average Bonchev–Trinajstić information content (AvgIpc) is 2.61. The first-order valence-corrected chi connectivity index (χ1v) is 8.08. The number of amidine groups is 1. The SMILES string of the molecule is C/C=C\C.C=CC(=C)N=C1N=CNN(/C=C/C(N)=O)C1=C(C)C.CC. The molecule has 0 atom stereocenters. The highest BCUT2D eigenvalue weighted by Crippen LogP contribution is 2.16. The van der Waals surface area contributed by atoms with Crippen LogP contribution < -0.4 is 11.2 Å². The number of carbonyl (C=O) groups is 1. The maximum atomic E-state index is 10.8. The van der Waals surface area contributed by atoms with E-state index in [2.05, 4.69) is 28.6 Å². The molecule has 6 heteroatoms. The Bertz CT molecular complexity index is 587. The molecule has 0 unspecified atom stereocenters. The molecule has 0 aromatic carbocycles. The van der Waals surface area contributed by atoms with Gasteiger partial charge in [0.25, 0.3) is 0 Å². The zero-order valence-corrected chi connectivity index (χ0v) is 16.2. The number of hydrogen-bond donors (Lipinski definition) is 2. The van der Waals surface area contributed by atoms with Crippen LogP contribution in [0.1, 0.15) is 41.5 Å². The lowest BCUT2D eigenvalue weighted by Gasteiger charge is -2.27. The van der Waals surface area contributed by atoms with E-state index in [0.29, 0.717) is 11.5 Å². The molecule has 0 aliphatic carbocycles. The van der Waals surface area contributed by atoms with E-state index in [1.54, 1.807) is 5.01 Å². The van der Waals surface area contributed by atoms with Crippen molar-refractivity contribution in [2.24, 2.45) is 15.7 Å². The van der Waals surface area contributed by atoms with Gasteiger partial charge in [-0.15, -0.1) is 0 Å². The van der Waals surface area contributed by atoms with Crippen LogP contribution in [0, 0.1) is 0 Å². The summed E-state index contributed by atoms with van der Waals surface area (Å²) in [7, 11) is 0. The molecular weight excluding hydrogens is 314 g/mol. The minimum absolute atomic E-state index is 0.484. The number of allylic oxidation sites excluding steroid dienone is 4. The number of nitrogens with zero attached hydrogens (tertiary/aromatic N) is 3. The predicted octanol–water partition coefficient (Wildman–Crippen LogP) is 3.83. The van der Waals surface area contributed by atoms with E-state index >= 15 is 0 Å². The molecule has 1 heterocycles. The van der Waals surface area contributed by atoms with E-state index in [-0.39, 0.29) is 0 Å². The van der Waals surface area contributed by atoms with Gasteiger partial charge in [-0.3, -0.25) is 15.2 Å². The van der Waals surface area contributed by atoms with Crippen LogP contribution in [-0.4, -0.2) is 23.1 Å². The van der Waals surface area contributed by atoms with Gasteiger partial charge in [-0.05, 0) is 39.3 Å². The minimum atomic E-state index is -0.536. The lowest BCUT2D eigenvalue weighted by molar-refractivity contribution is -0.113. The molecule has 25 heavy (non-hydrogen) atoms. The largest absolute Gasteiger partial charge is 0.366 e. The Balaban J connectivity index is 0. The van der Waals surface area contributed by atoms with E-state index in [9.17, 15) is 4.79 Å². The zero-order valence-electron chi connectivity index (χ0n) is 16.2. The highest BCUT2D eigenvalue weighted by atomic mass is 16.1. The fourth-order valence-corrected chi connectivity index (χ4v) is 1.38. The van der Waals surface area contributed by atoms with Gasteiger partial charge in [0.05, 0.1) is 5.70 Å². The molecule has 6 nitrogen and oxygen atoms in total. The first kappa shape index (κ1) is 24.4. The molecule has 1 rings (SSSR count). The minimum Gasteiger partial charge on any atom is -0.366 e. The predicted molar refractivity (Wildman–Crippen MR) is 109 cm³/mol. The highest BCUT2D eigenvalue weighted by Gasteiger charge is 2.18. The molecule has 1 aliphatic heterocycles. The van der Waals surface area contributed by atoms with Gasteiger partial charge in [0.1, 0.15) is 12.0 Å². The highest BCUT2D eigenvalue weighted by molar-refractivity contribution is 6.04. The number of nitrogens with two attached hydrogens (primary N) is 1. The summed E-state index contributed by atoms with van der Waals surface area (Å²) in [6.07, 6.45) is 9.76. The summed E-state index contributed by atoms with van der Waals surface area (Å²) in [5, 5.41) is 1.61. The van der Waals surface area contributed by atoms with Crippen molar-refractivity contribution >= 4 is 18.1 Å². The maximum Gasteiger partial charge on any atom is 0.242 e. The summed E-state index contributed by atoms with van der Waals surface area (Å²) >= 11 is 0. The number of amides is 1. The summed E-state index contributed by atoms with van der Waals surface area (Å²) in [4.78, 5) is 19.2. The van der Waals surface area contributed by atoms with Crippen LogP contribution in [0.4, 0.5) is 0 Å². The van der Waals surface area contributed by atoms with Crippen LogP contribution in [0.2, 0.25) is 0 Å². The van der Waals surface area contributed by atoms with Crippen molar-refractivity contribution in [3.05, 3.63) is 60.6 Å². The standard InChI is InChI=1S/C13H17N5O.C4H8.C2H6/c1-5-10(4)17-13-12(9(2)3)18(16-8-15-13)7-6-11(14)19;1-3-4-2;1-2/h5-8H,1,4H2,2-3H3,(H2,14,19)(H,15,16,17);3-4H,1-2H3;1-2H3/b7-6+;4-3-;. The molecule has 0 spiro atoms. The van der Waals surface area contributed by atoms with Gasteiger partial charge in [-0.2, -0.15) is 0 Å². The summed E-state index contributed by atoms with van der Waals surface area (Å²) in [5.74, 6) is -0.0517. The molecule has 0 aromatic heterocycles. The van der Waals surface area contributed by atoms with Crippen LogP contribution >= 0.6 is 0 Å². The Morgan fingerprint density at radius 1 is 1.32 bits per heavy atom. The summed E-state index contributed by atoms with van der Waals surface area (Å²) in [6, 6.07) is 0. The van der Waals surface area contributed by atoms with Crippen molar-refractivity contribution < 1.29 is 4.79 Å². The molecule has 0 saturated carbocycles. The number of rotatable bonds is 4. The first-order valence-electron chi connectivity index (χ1n) is 8.08. The Hall–Kier alpha value is -2.89. The maximum absolute atomic E-state index is 10.8. The summed E-state index contributed by atoms with van der Waals surface area (Å²) < 4.78 is 0. The van der Waals surface area contributed by atoms with Gasteiger partial charge in [0, 0.05) is 12.3 Å². The molecule has 0 radical (unpaired) electrons. The van der Waals surface area contributed by atoms with Gasteiger partial charge in [-0.1, -0.05) is 39.2 Å². The molecule has 0 aromatic rings. The van der Waals surface area contributed by atoms with Crippen molar-refractivity contribution in [2.45, 2.75) is 41.5 Å². The van der Waals surface area contributed by atoms with Crippen LogP contribution in [0.25, 0.3) is 0 Å². The number of hydrogen-bond acceptors (Lipinski definition) is 4.